The van der Waals surface area contributed by atoms with Crippen molar-refractivity contribution >= 4 is 5.91 Å². The van der Waals surface area contributed by atoms with E-state index in [1.807, 2.05) is 24.3 Å². The van der Waals surface area contributed by atoms with Gasteiger partial charge in [0, 0.05) is 37.3 Å². The van der Waals surface area contributed by atoms with Crippen LogP contribution >= 0.6 is 0 Å². The first-order valence-electron chi connectivity index (χ1n) is 9.90. The predicted molar refractivity (Wildman–Crippen MR) is 104 cm³/mol. The van der Waals surface area contributed by atoms with E-state index in [1.54, 1.807) is 0 Å². The van der Waals surface area contributed by atoms with Gasteiger partial charge in [0.1, 0.15) is 0 Å². The van der Waals surface area contributed by atoms with E-state index in [-0.39, 0.29) is 17.0 Å². The Labute approximate surface area is 157 Å². The maximum atomic E-state index is 12.7. The van der Waals surface area contributed by atoms with E-state index in [4.69, 9.17) is 10.5 Å². The number of rotatable bonds is 5. The molecule has 0 atom stereocenters. The van der Waals surface area contributed by atoms with Gasteiger partial charge in [-0.3, -0.25) is 9.69 Å². The molecule has 1 saturated carbocycles. The van der Waals surface area contributed by atoms with Crippen LogP contribution in [0, 0.1) is 0 Å². The Kier molecular flexibility index (Phi) is 6.00. The number of carbonyl (C=O) groups is 1. The molecule has 0 radical (unpaired) electrons. The van der Waals surface area contributed by atoms with Crippen LogP contribution in [0.4, 0.5) is 0 Å². The highest BCUT2D eigenvalue weighted by molar-refractivity contribution is 5.94. The van der Waals surface area contributed by atoms with Gasteiger partial charge in [-0.15, -0.1) is 0 Å². The zero-order chi connectivity index (χ0) is 18.6. The summed E-state index contributed by atoms with van der Waals surface area (Å²) in [6, 6.07) is 7.58. The second-order valence-corrected chi connectivity index (χ2v) is 8.40. The van der Waals surface area contributed by atoms with Gasteiger partial charge in [-0.1, -0.05) is 31.4 Å². The lowest BCUT2D eigenvalue weighted by Gasteiger charge is -2.51. The maximum absolute atomic E-state index is 12.7. The standard InChI is InChI=1S/C21H33N3O2/c1-20(2)16-24(12-13-26-20)21(10-4-3-5-11-21)15-23-19(25)18-8-6-17(14-22)7-9-18/h6-9H,3-5,10-16,22H2,1-2H3,(H,23,25). The molecule has 1 aliphatic heterocycles. The molecular weight excluding hydrogens is 326 g/mol. The predicted octanol–water partition coefficient (Wildman–Crippen LogP) is 2.69. The van der Waals surface area contributed by atoms with E-state index in [2.05, 4.69) is 24.1 Å². The summed E-state index contributed by atoms with van der Waals surface area (Å²) in [4.78, 5) is 15.2. The van der Waals surface area contributed by atoms with Crippen LogP contribution in [0.2, 0.25) is 0 Å². The molecule has 5 nitrogen and oxygen atoms in total. The van der Waals surface area contributed by atoms with Gasteiger partial charge in [-0.2, -0.15) is 0 Å². The summed E-state index contributed by atoms with van der Waals surface area (Å²) in [6.07, 6.45) is 6.06. The summed E-state index contributed by atoms with van der Waals surface area (Å²) in [5.74, 6) is 0.00559. The monoisotopic (exact) mass is 359 g/mol. The number of hydrogen-bond acceptors (Lipinski definition) is 4. The lowest BCUT2D eigenvalue weighted by Crippen LogP contribution is -2.63. The van der Waals surface area contributed by atoms with Crippen molar-refractivity contribution in [1.82, 2.24) is 10.2 Å². The van der Waals surface area contributed by atoms with Crippen molar-refractivity contribution in [2.45, 2.75) is 63.6 Å². The first-order chi connectivity index (χ1) is 12.4. The van der Waals surface area contributed by atoms with Crippen molar-refractivity contribution in [2.75, 3.05) is 26.2 Å². The minimum absolute atomic E-state index is 0.00559. The molecule has 0 spiro atoms. The number of hydrogen-bond donors (Lipinski definition) is 2. The van der Waals surface area contributed by atoms with Crippen LogP contribution in [0.25, 0.3) is 0 Å². The number of nitrogens with two attached hydrogens (primary N) is 1. The zero-order valence-electron chi connectivity index (χ0n) is 16.2. The number of morpholine rings is 1. The van der Waals surface area contributed by atoms with Gasteiger partial charge in [-0.05, 0) is 44.4 Å². The quantitative estimate of drug-likeness (QED) is 0.848. The molecule has 0 unspecified atom stereocenters. The van der Waals surface area contributed by atoms with Crippen molar-refractivity contribution < 1.29 is 9.53 Å². The van der Waals surface area contributed by atoms with Crippen molar-refractivity contribution in [3.8, 4) is 0 Å². The van der Waals surface area contributed by atoms with Crippen molar-refractivity contribution in [1.29, 1.82) is 0 Å². The summed E-state index contributed by atoms with van der Waals surface area (Å²) in [6.45, 7) is 8.17. The molecule has 5 heteroatoms. The van der Waals surface area contributed by atoms with E-state index in [1.165, 1.54) is 19.3 Å². The van der Waals surface area contributed by atoms with Gasteiger partial charge in [0.15, 0.2) is 0 Å². The second-order valence-electron chi connectivity index (χ2n) is 8.40. The highest BCUT2D eigenvalue weighted by atomic mass is 16.5. The minimum Gasteiger partial charge on any atom is -0.373 e. The van der Waals surface area contributed by atoms with E-state index in [0.29, 0.717) is 18.7 Å². The Hall–Kier alpha value is -1.43. The van der Waals surface area contributed by atoms with Crippen LogP contribution < -0.4 is 11.1 Å². The molecule has 1 aromatic carbocycles. The zero-order valence-corrected chi connectivity index (χ0v) is 16.2. The topological polar surface area (TPSA) is 67.6 Å². The molecule has 1 aromatic rings. The smallest absolute Gasteiger partial charge is 0.251 e. The molecule has 26 heavy (non-hydrogen) atoms. The highest BCUT2D eigenvalue weighted by Gasteiger charge is 2.42. The summed E-state index contributed by atoms with van der Waals surface area (Å²) in [7, 11) is 0. The van der Waals surface area contributed by atoms with Gasteiger partial charge >= 0.3 is 0 Å². The number of amides is 1. The molecule has 3 N–H and O–H groups in total. The Morgan fingerprint density at radius 1 is 1.19 bits per heavy atom. The van der Waals surface area contributed by atoms with Crippen LogP contribution in [0.3, 0.4) is 0 Å². The number of carbonyl (C=O) groups excluding carboxylic acids is 1. The van der Waals surface area contributed by atoms with Crippen molar-refractivity contribution in [3.05, 3.63) is 35.4 Å². The van der Waals surface area contributed by atoms with E-state index >= 15 is 0 Å². The lowest BCUT2D eigenvalue weighted by molar-refractivity contribution is -0.122. The molecule has 1 aliphatic carbocycles. The molecule has 144 valence electrons. The fourth-order valence-corrected chi connectivity index (χ4v) is 4.38. The second kappa shape index (κ2) is 8.07. The van der Waals surface area contributed by atoms with Gasteiger partial charge in [0.05, 0.1) is 12.2 Å². The lowest BCUT2D eigenvalue weighted by atomic mass is 9.79. The maximum Gasteiger partial charge on any atom is 0.251 e. The Morgan fingerprint density at radius 3 is 2.50 bits per heavy atom. The Morgan fingerprint density at radius 2 is 1.88 bits per heavy atom. The first-order valence-corrected chi connectivity index (χ1v) is 9.90. The largest absolute Gasteiger partial charge is 0.373 e. The summed E-state index contributed by atoms with van der Waals surface area (Å²) in [5.41, 5.74) is 7.33. The Bertz CT molecular complexity index is 606. The third-order valence-corrected chi connectivity index (χ3v) is 5.91. The first kappa shape index (κ1) is 19.3. The van der Waals surface area contributed by atoms with Crippen LogP contribution in [-0.4, -0.2) is 48.2 Å². The summed E-state index contributed by atoms with van der Waals surface area (Å²) < 4.78 is 5.91. The van der Waals surface area contributed by atoms with E-state index in [0.717, 1.165) is 38.1 Å². The van der Waals surface area contributed by atoms with Gasteiger partial charge in [0.25, 0.3) is 5.91 Å². The summed E-state index contributed by atoms with van der Waals surface area (Å²) in [5, 5.41) is 3.22. The van der Waals surface area contributed by atoms with Crippen LogP contribution in [0.5, 0.6) is 0 Å². The van der Waals surface area contributed by atoms with Gasteiger partial charge < -0.3 is 15.8 Å². The Balaban J connectivity index is 1.69. The van der Waals surface area contributed by atoms with Gasteiger partial charge in [-0.25, -0.2) is 0 Å². The van der Waals surface area contributed by atoms with Crippen LogP contribution in [-0.2, 0) is 11.3 Å². The number of nitrogens with one attached hydrogen (secondary N) is 1. The molecule has 1 saturated heterocycles. The average molecular weight is 360 g/mol. The molecule has 1 amide bonds. The van der Waals surface area contributed by atoms with E-state index < -0.39 is 0 Å². The SMILES string of the molecule is CC1(C)CN(C2(CNC(=O)c3ccc(CN)cc3)CCCCC2)CCO1. The normalized spacial score (nSPS) is 22.7. The fourth-order valence-electron chi connectivity index (χ4n) is 4.38. The van der Waals surface area contributed by atoms with Crippen LogP contribution in [0.15, 0.2) is 24.3 Å². The molecule has 0 bridgehead atoms. The molecule has 3 rings (SSSR count). The van der Waals surface area contributed by atoms with Gasteiger partial charge in [0.2, 0.25) is 0 Å². The molecule has 1 heterocycles. The highest BCUT2D eigenvalue weighted by Crippen LogP contribution is 2.36. The summed E-state index contributed by atoms with van der Waals surface area (Å²) >= 11 is 0. The van der Waals surface area contributed by atoms with Crippen molar-refractivity contribution in [2.24, 2.45) is 5.73 Å². The van der Waals surface area contributed by atoms with Crippen molar-refractivity contribution in [3.63, 3.8) is 0 Å². The fraction of sp³-hybridized carbons (Fsp3) is 0.667. The molecular formula is C21H33N3O2. The molecule has 2 fully saturated rings. The third kappa shape index (κ3) is 4.45. The molecule has 0 aromatic heterocycles. The van der Waals surface area contributed by atoms with Crippen LogP contribution in [0.1, 0.15) is 61.9 Å². The number of ether oxygens (including phenoxy) is 1. The third-order valence-electron chi connectivity index (χ3n) is 5.91. The average Bonchev–Trinajstić information content (AvgIpc) is 2.66. The minimum atomic E-state index is -0.120. The number of nitrogens with zero attached hydrogens (tertiary/aromatic N) is 1. The van der Waals surface area contributed by atoms with E-state index in [9.17, 15) is 4.79 Å². The molecule has 2 aliphatic rings. The number of benzene rings is 1.